The fraction of sp³-hybridized carbons (Fsp3) is 0.526. The Balaban J connectivity index is 0.00000280. The lowest BCUT2D eigenvalue weighted by Gasteiger charge is -2.35. The van der Waals surface area contributed by atoms with Crippen molar-refractivity contribution < 1.29 is 9.59 Å². The molecule has 0 spiro atoms. The molecule has 1 atom stereocenters. The van der Waals surface area contributed by atoms with E-state index in [1.54, 1.807) is 7.05 Å². The number of hydrogen-bond acceptors (Lipinski definition) is 4. The summed E-state index contributed by atoms with van der Waals surface area (Å²) in [6.45, 7) is 4.94. The van der Waals surface area contributed by atoms with Gasteiger partial charge in [0.05, 0.1) is 6.54 Å². The Hall–Kier alpha value is -2.04. The number of anilines is 1. The average Bonchev–Trinajstić information content (AvgIpc) is 3.00. The van der Waals surface area contributed by atoms with Crippen LogP contribution in [0.5, 0.6) is 0 Å². The number of hydrogen-bond donors (Lipinski definition) is 3. The summed E-state index contributed by atoms with van der Waals surface area (Å²) >= 11 is 0. The summed E-state index contributed by atoms with van der Waals surface area (Å²) in [6.07, 6.45) is 2.20. The second kappa shape index (κ2) is 10.5. The molecule has 1 aromatic carbocycles. The van der Waals surface area contributed by atoms with Gasteiger partial charge in [-0.15, -0.1) is 24.0 Å². The van der Waals surface area contributed by atoms with Crippen LogP contribution in [0.15, 0.2) is 29.3 Å². The van der Waals surface area contributed by atoms with Gasteiger partial charge in [0, 0.05) is 45.0 Å². The molecule has 0 radical (unpaired) electrons. The number of carbonyl (C=O) groups is 2. The fourth-order valence-electron chi connectivity index (χ4n) is 3.44. The topological polar surface area (TPSA) is 89.1 Å². The van der Waals surface area contributed by atoms with E-state index in [4.69, 9.17) is 0 Å². The van der Waals surface area contributed by atoms with Crippen LogP contribution >= 0.6 is 24.0 Å². The van der Waals surface area contributed by atoms with Gasteiger partial charge < -0.3 is 20.9 Å². The molecule has 2 fully saturated rings. The zero-order chi connectivity index (χ0) is 19.2. The van der Waals surface area contributed by atoms with Gasteiger partial charge in [-0.1, -0.05) is 17.7 Å². The molecular formula is C19H29IN6O2. The largest absolute Gasteiger partial charge is 0.369 e. The SMILES string of the molecule is CN=C(NCCN1C(=O)CNC1=O)NC1CCCN(c2ccc(C)cc2)C1.I. The zero-order valence-corrected chi connectivity index (χ0v) is 18.7. The van der Waals surface area contributed by atoms with Crippen LogP contribution in [-0.2, 0) is 4.79 Å². The number of amides is 3. The summed E-state index contributed by atoms with van der Waals surface area (Å²) in [5, 5.41) is 9.17. The van der Waals surface area contributed by atoms with E-state index in [1.807, 2.05) is 0 Å². The number of halogens is 1. The van der Waals surface area contributed by atoms with E-state index in [-0.39, 0.29) is 42.5 Å². The Kier molecular flexibility index (Phi) is 8.34. The fourth-order valence-corrected chi connectivity index (χ4v) is 3.44. The third kappa shape index (κ3) is 5.73. The number of aryl methyl sites for hydroxylation is 1. The van der Waals surface area contributed by atoms with Crippen LogP contribution in [0.1, 0.15) is 18.4 Å². The molecular weight excluding hydrogens is 471 g/mol. The summed E-state index contributed by atoms with van der Waals surface area (Å²) in [5.74, 6) is 0.503. The molecule has 2 heterocycles. The minimum absolute atomic E-state index is 0. The van der Waals surface area contributed by atoms with Crippen molar-refractivity contribution >= 4 is 47.6 Å². The molecule has 154 valence electrons. The highest BCUT2D eigenvalue weighted by Gasteiger charge is 2.28. The van der Waals surface area contributed by atoms with Gasteiger partial charge in [-0.05, 0) is 31.9 Å². The number of guanidine groups is 1. The van der Waals surface area contributed by atoms with Crippen LogP contribution in [0.25, 0.3) is 0 Å². The van der Waals surface area contributed by atoms with E-state index in [0.717, 1.165) is 25.9 Å². The minimum Gasteiger partial charge on any atom is -0.369 e. The Morgan fingerprint density at radius 1 is 1.29 bits per heavy atom. The minimum atomic E-state index is -0.328. The maximum Gasteiger partial charge on any atom is 0.324 e. The lowest BCUT2D eigenvalue weighted by atomic mass is 10.0. The van der Waals surface area contributed by atoms with Crippen molar-refractivity contribution in [2.45, 2.75) is 25.8 Å². The number of nitrogens with zero attached hydrogens (tertiary/aromatic N) is 3. The van der Waals surface area contributed by atoms with Crippen molar-refractivity contribution in [3.8, 4) is 0 Å². The molecule has 3 amide bonds. The van der Waals surface area contributed by atoms with E-state index >= 15 is 0 Å². The van der Waals surface area contributed by atoms with E-state index < -0.39 is 0 Å². The first-order chi connectivity index (χ1) is 13.1. The second-order valence-electron chi connectivity index (χ2n) is 6.97. The maximum atomic E-state index is 11.6. The summed E-state index contributed by atoms with van der Waals surface area (Å²) in [6, 6.07) is 8.59. The zero-order valence-electron chi connectivity index (χ0n) is 16.4. The number of benzene rings is 1. The van der Waals surface area contributed by atoms with Gasteiger partial charge in [0.1, 0.15) is 0 Å². The summed E-state index contributed by atoms with van der Waals surface area (Å²) < 4.78 is 0. The Labute approximate surface area is 183 Å². The molecule has 28 heavy (non-hydrogen) atoms. The number of imide groups is 1. The van der Waals surface area contributed by atoms with Crippen molar-refractivity contribution in [3.05, 3.63) is 29.8 Å². The molecule has 8 nitrogen and oxygen atoms in total. The Morgan fingerprint density at radius 2 is 2.04 bits per heavy atom. The number of nitrogens with one attached hydrogen (secondary N) is 3. The Bertz CT molecular complexity index is 693. The standard InChI is InChI=1S/C19H28N6O2.HI/c1-14-5-7-16(8-6-14)24-10-3-4-15(13-24)23-18(20-2)21-9-11-25-17(26)12-22-19(25)27;/h5-8,15H,3-4,9-13H2,1-2H3,(H,22,27)(H2,20,21,23);1H. The molecule has 2 aliphatic heterocycles. The van der Waals surface area contributed by atoms with Crippen LogP contribution in [-0.4, -0.2) is 68.6 Å². The predicted octanol–water partition coefficient (Wildman–Crippen LogP) is 1.30. The summed E-state index contributed by atoms with van der Waals surface area (Å²) in [5.41, 5.74) is 2.51. The molecule has 1 aromatic rings. The van der Waals surface area contributed by atoms with Crippen LogP contribution in [0.2, 0.25) is 0 Å². The van der Waals surface area contributed by atoms with Crippen molar-refractivity contribution in [3.63, 3.8) is 0 Å². The molecule has 0 saturated carbocycles. The first kappa shape index (κ1) is 22.3. The second-order valence-corrected chi connectivity index (χ2v) is 6.97. The molecule has 9 heteroatoms. The number of urea groups is 1. The normalized spacial score (nSPS) is 19.9. The third-order valence-corrected chi connectivity index (χ3v) is 4.95. The number of aliphatic imine (C=N–C) groups is 1. The smallest absolute Gasteiger partial charge is 0.324 e. The van der Waals surface area contributed by atoms with Crippen LogP contribution in [0.4, 0.5) is 10.5 Å². The van der Waals surface area contributed by atoms with E-state index in [2.05, 4.69) is 57.0 Å². The molecule has 3 N–H and O–H groups in total. The summed E-state index contributed by atoms with van der Waals surface area (Å²) in [7, 11) is 1.73. The van der Waals surface area contributed by atoms with Gasteiger partial charge in [0.15, 0.2) is 5.96 Å². The molecule has 0 aliphatic carbocycles. The van der Waals surface area contributed by atoms with Crippen molar-refractivity contribution in [2.75, 3.05) is 44.7 Å². The molecule has 3 rings (SSSR count). The van der Waals surface area contributed by atoms with Gasteiger partial charge >= 0.3 is 6.03 Å². The molecule has 2 saturated heterocycles. The highest BCUT2D eigenvalue weighted by molar-refractivity contribution is 14.0. The van der Waals surface area contributed by atoms with Gasteiger partial charge in [-0.25, -0.2) is 4.79 Å². The van der Waals surface area contributed by atoms with Crippen molar-refractivity contribution in [1.82, 2.24) is 20.9 Å². The predicted molar refractivity (Wildman–Crippen MR) is 121 cm³/mol. The monoisotopic (exact) mass is 500 g/mol. The molecule has 0 bridgehead atoms. The van der Waals surface area contributed by atoms with Gasteiger partial charge in [-0.3, -0.25) is 14.7 Å². The quantitative estimate of drug-likeness (QED) is 0.246. The average molecular weight is 500 g/mol. The number of carbonyl (C=O) groups excluding carboxylic acids is 2. The first-order valence-corrected chi connectivity index (χ1v) is 9.44. The first-order valence-electron chi connectivity index (χ1n) is 9.44. The lowest BCUT2D eigenvalue weighted by molar-refractivity contribution is -0.124. The lowest BCUT2D eigenvalue weighted by Crippen LogP contribution is -2.52. The van der Waals surface area contributed by atoms with Gasteiger partial charge in [0.2, 0.25) is 5.91 Å². The van der Waals surface area contributed by atoms with Crippen molar-refractivity contribution in [1.29, 1.82) is 0 Å². The van der Waals surface area contributed by atoms with E-state index in [0.29, 0.717) is 25.1 Å². The number of rotatable bonds is 5. The maximum absolute atomic E-state index is 11.6. The van der Waals surface area contributed by atoms with Crippen LogP contribution in [0.3, 0.4) is 0 Å². The summed E-state index contributed by atoms with van der Waals surface area (Å²) in [4.78, 5) is 31.0. The highest BCUT2D eigenvalue weighted by Crippen LogP contribution is 2.20. The highest BCUT2D eigenvalue weighted by atomic mass is 127. The van der Waals surface area contributed by atoms with E-state index in [9.17, 15) is 9.59 Å². The third-order valence-electron chi connectivity index (χ3n) is 4.95. The molecule has 2 aliphatic rings. The van der Waals surface area contributed by atoms with Crippen molar-refractivity contribution in [2.24, 2.45) is 4.99 Å². The van der Waals surface area contributed by atoms with Gasteiger partial charge in [0.25, 0.3) is 0 Å². The van der Waals surface area contributed by atoms with Gasteiger partial charge in [-0.2, -0.15) is 0 Å². The molecule has 0 aromatic heterocycles. The van der Waals surface area contributed by atoms with E-state index in [1.165, 1.54) is 16.2 Å². The van der Waals surface area contributed by atoms with Crippen LogP contribution < -0.4 is 20.9 Å². The Morgan fingerprint density at radius 3 is 2.68 bits per heavy atom. The molecule has 1 unspecified atom stereocenters. The number of piperidine rings is 1. The van der Waals surface area contributed by atoms with Crippen LogP contribution in [0, 0.1) is 6.92 Å².